The quantitative estimate of drug-likeness (QED) is 0.688. The van der Waals surface area contributed by atoms with E-state index < -0.39 is 0 Å². The summed E-state index contributed by atoms with van der Waals surface area (Å²) in [5.41, 5.74) is 4.42. The Bertz CT molecular complexity index is 909. The van der Waals surface area contributed by atoms with Crippen molar-refractivity contribution in [1.82, 2.24) is 20.1 Å². The smallest absolute Gasteiger partial charge is 0.220 e. The van der Waals surface area contributed by atoms with Crippen LogP contribution >= 0.6 is 0 Å². The highest BCUT2D eigenvalue weighted by molar-refractivity contribution is 5.76. The molecular weight excluding hydrogens is 352 g/mol. The molecular formula is C22H24N4O2. The third-order valence-electron chi connectivity index (χ3n) is 4.90. The van der Waals surface area contributed by atoms with Crippen LogP contribution < -0.4 is 5.32 Å². The number of aromatic nitrogens is 3. The number of benzene rings is 1. The second kappa shape index (κ2) is 8.80. The number of ether oxygens (including phenoxy) is 1. The van der Waals surface area contributed by atoms with Gasteiger partial charge >= 0.3 is 0 Å². The molecule has 3 heterocycles. The Hall–Kier alpha value is -2.99. The van der Waals surface area contributed by atoms with Crippen LogP contribution in [-0.4, -0.2) is 33.8 Å². The van der Waals surface area contributed by atoms with Crippen LogP contribution in [-0.2, 0) is 28.9 Å². The normalized spacial score (nSPS) is 15.8. The molecule has 144 valence electrons. The Morgan fingerprint density at radius 3 is 2.86 bits per heavy atom. The number of aryl methyl sites for hydroxylation is 1. The van der Waals surface area contributed by atoms with Crippen molar-refractivity contribution in [2.75, 3.05) is 13.2 Å². The van der Waals surface area contributed by atoms with Gasteiger partial charge in [-0.1, -0.05) is 36.4 Å². The van der Waals surface area contributed by atoms with Crippen molar-refractivity contribution < 1.29 is 9.53 Å². The molecule has 2 aromatic heterocycles. The number of amides is 1. The van der Waals surface area contributed by atoms with Gasteiger partial charge in [-0.25, -0.2) is 0 Å². The van der Waals surface area contributed by atoms with E-state index in [0.717, 1.165) is 24.2 Å². The molecule has 0 saturated carbocycles. The van der Waals surface area contributed by atoms with E-state index in [4.69, 9.17) is 9.84 Å². The van der Waals surface area contributed by atoms with Crippen molar-refractivity contribution >= 4 is 5.91 Å². The van der Waals surface area contributed by atoms with Gasteiger partial charge in [0.15, 0.2) is 0 Å². The lowest BCUT2D eigenvalue weighted by Crippen LogP contribution is -2.32. The predicted molar refractivity (Wildman–Crippen MR) is 106 cm³/mol. The minimum Gasteiger partial charge on any atom is -0.370 e. The third kappa shape index (κ3) is 4.64. The Balaban J connectivity index is 1.33. The average Bonchev–Trinajstić information content (AvgIpc) is 3.15. The first-order valence-corrected chi connectivity index (χ1v) is 9.65. The number of hydrogen-bond acceptors (Lipinski definition) is 4. The molecule has 0 fully saturated rings. The summed E-state index contributed by atoms with van der Waals surface area (Å²) in [6.07, 6.45) is 7.41. The van der Waals surface area contributed by atoms with Crippen molar-refractivity contribution in [3.05, 3.63) is 83.4 Å². The molecule has 1 aliphatic rings. The second-order valence-electron chi connectivity index (χ2n) is 7.00. The highest BCUT2D eigenvalue weighted by atomic mass is 16.5. The first kappa shape index (κ1) is 18.4. The van der Waals surface area contributed by atoms with Gasteiger partial charge in [-0.15, -0.1) is 0 Å². The number of pyridine rings is 1. The van der Waals surface area contributed by atoms with Gasteiger partial charge in [0.1, 0.15) is 6.10 Å². The zero-order chi connectivity index (χ0) is 19.2. The van der Waals surface area contributed by atoms with E-state index in [9.17, 15) is 4.79 Å². The van der Waals surface area contributed by atoms with Gasteiger partial charge in [0, 0.05) is 31.6 Å². The van der Waals surface area contributed by atoms with Gasteiger partial charge in [0.05, 0.1) is 18.8 Å². The summed E-state index contributed by atoms with van der Waals surface area (Å²) in [6.45, 7) is 1.83. The molecule has 0 spiro atoms. The molecule has 4 rings (SSSR count). The molecule has 0 saturated heterocycles. The summed E-state index contributed by atoms with van der Waals surface area (Å²) in [7, 11) is 0. The fraction of sp³-hybridized carbons (Fsp3) is 0.318. The van der Waals surface area contributed by atoms with Crippen LogP contribution in [0, 0.1) is 0 Å². The van der Waals surface area contributed by atoms with Crippen LogP contribution in [0.3, 0.4) is 0 Å². The second-order valence-corrected chi connectivity index (χ2v) is 7.00. The maximum atomic E-state index is 12.2. The first-order valence-electron chi connectivity index (χ1n) is 9.65. The number of hydrogen-bond donors (Lipinski definition) is 1. The Morgan fingerprint density at radius 1 is 1.18 bits per heavy atom. The maximum absolute atomic E-state index is 12.2. The fourth-order valence-electron chi connectivity index (χ4n) is 3.44. The lowest BCUT2D eigenvalue weighted by molar-refractivity contribution is -0.121. The van der Waals surface area contributed by atoms with Gasteiger partial charge in [0.2, 0.25) is 5.91 Å². The van der Waals surface area contributed by atoms with Crippen molar-refractivity contribution in [3.8, 4) is 0 Å². The molecule has 28 heavy (non-hydrogen) atoms. The lowest BCUT2D eigenvalue weighted by Gasteiger charge is -2.22. The SMILES string of the molecule is O=C(CCc1cccnc1)NC[C@H]1OCCc2cn(Cc3ccccc3)nc21. The third-order valence-corrected chi connectivity index (χ3v) is 4.90. The highest BCUT2D eigenvalue weighted by Crippen LogP contribution is 2.25. The Morgan fingerprint density at radius 2 is 2.04 bits per heavy atom. The number of nitrogens with one attached hydrogen (secondary N) is 1. The molecule has 1 amide bonds. The van der Waals surface area contributed by atoms with E-state index in [0.29, 0.717) is 26.0 Å². The van der Waals surface area contributed by atoms with Crippen LogP contribution in [0.5, 0.6) is 0 Å². The Kier molecular flexibility index (Phi) is 5.77. The summed E-state index contributed by atoms with van der Waals surface area (Å²) in [4.78, 5) is 16.3. The minimum absolute atomic E-state index is 0.0169. The van der Waals surface area contributed by atoms with E-state index in [1.807, 2.05) is 35.0 Å². The molecule has 1 aromatic carbocycles. The molecule has 0 unspecified atom stereocenters. The molecule has 0 bridgehead atoms. The molecule has 6 heteroatoms. The van der Waals surface area contributed by atoms with Crippen LogP contribution in [0.1, 0.15) is 34.9 Å². The van der Waals surface area contributed by atoms with Crippen molar-refractivity contribution in [2.24, 2.45) is 0 Å². The highest BCUT2D eigenvalue weighted by Gasteiger charge is 2.25. The molecule has 3 aromatic rings. The summed E-state index contributed by atoms with van der Waals surface area (Å²) >= 11 is 0. The van der Waals surface area contributed by atoms with E-state index in [1.165, 1.54) is 11.1 Å². The average molecular weight is 376 g/mol. The zero-order valence-electron chi connectivity index (χ0n) is 15.8. The topological polar surface area (TPSA) is 69.0 Å². The van der Waals surface area contributed by atoms with Gasteiger partial charge in [-0.05, 0) is 35.6 Å². The number of fused-ring (bicyclic) bond motifs is 1. The van der Waals surface area contributed by atoms with Crippen molar-refractivity contribution in [2.45, 2.75) is 31.9 Å². The number of carbonyl (C=O) groups excluding carboxylic acids is 1. The van der Waals surface area contributed by atoms with Gasteiger partial charge in [-0.2, -0.15) is 5.10 Å². The zero-order valence-corrected chi connectivity index (χ0v) is 15.8. The summed E-state index contributed by atoms with van der Waals surface area (Å²) in [6, 6.07) is 14.1. The number of carbonyl (C=O) groups is 1. The molecule has 1 N–H and O–H groups in total. The molecule has 6 nitrogen and oxygen atoms in total. The van der Waals surface area contributed by atoms with Crippen molar-refractivity contribution in [3.63, 3.8) is 0 Å². The van der Waals surface area contributed by atoms with Gasteiger partial charge in [0.25, 0.3) is 0 Å². The lowest BCUT2D eigenvalue weighted by atomic mass is 10.1. The van der Waals surface area contributed by atoms with Crippen LogP contribution in [0.2, 0.25) is 0 Å². The molecule has 1 aliphatic heterocycles. The molecule has 0 aliphatic carbocycles. The van der Waals surface area contributed by atoms with Crippen LogP contribution in [0.25, 0.3) is 0 Å². The van der Waals surface area contributed by atoms with Gasteiger partial charge < -0.3 is 10.1 Å². The van der Waals surface area contributed by atoms with E-state index >= 15 is 0 Å². The number of nitrogens with zero attached hydrogens (tertiary/aromatic N) is 3. The predicted octanol–water partition coefficient (Wildman–Crippen LogP) is 2.69. The minimum atomic E-state index is -0.192. The molecule has 1 atom stereocenters. The van der Waals surface area contributed by atoms with Crippen LogP contribution in [0.15, 0.2) is 61.1 Å². The summed E-state index contributed by atoms with van der Waals surface area (Å²) in [5.74, 6) is 0.0169. The van der Waals surface area contributed by atoms with Crippen molar-refractivity contribution in [1.29, 1.82) is 0 Å². The van der Waals surface area contributed by atoms with Gasteiger partial charge in [-0.3, -0.25) is 14.5 Å². The summed E-state index contributed by atoms with van der Waals surface area (Å²) in [5, 5.41) is 7.72. The van der Waals surface area contributed by atoms with E-state index in [-0.39, 0.29) is 12.0 Å². The number of rotatable bonds is 7. The summed E-state index contributed by atoms with van der Waals surface area (Å²) < 4.78 is 7.84. The largest absolute Gasteiger partial charge is 0.370 e. The molecule has 0 radical (unpaired) electrons. The first-order chi connectivity index (χ1) is 13.8. The maximum Gasteiger partial charge on any atom is 0.220 e. The van der Waals surface area contributed by atoms with E-state index in [1.54, 1.807) is 12.4 Å². The monoisotopic (exact) mass is 376 g/mol. The van der Waals surface area contributed by atoms with Crippen LogP contribution in [0.4, 0.5) is 0 Å². The van der Waals surface area contributed by atoms with E-state index in [2.05, 4.69) is 28.6 Å². The standard InChI is InChI=1S/C22H24N4O2/c27-21(9-8-17-7-4-11-23-13-17)24-14-20-22-19(10-12-28-20)16-26(25-22)15-18-5-2-1-3-6-18/h1-7,11,13,16,20H,8-10,12,14-15H2,(H,24,27)/t20-/m1/s1. The fourth-order valence-corrected chi connectivity index (χ4v) is 3.44. The Labute approximate surface area is 164 Å².